The number of hydrogen-bond acceptors (Lipinski definition) is 2. The van der Waals surface area contributed by atoms with E-state index in [9.17, 15) is 9.59 Å². The minimum Gasteiger partial charge on any atom is -0.325 e. The maximum absolute atomic E-state index is 12.6. The molecular formula is C19H16Br2N2O2. The summed E-state index contributed by atoms with van der Waals surface area (Å²) < 4.78 is 1.72. The van der Waals surface area contributed by atoms with Crippen LogP contribution in [0.3, 0.4) is 0 Å². The minimum absolute atomic E-state index is 0.0895. The molecule has 2 aromatic carbocycles. The Balaban J connectivity index is 1.82. The topological polar surface area (TPSA) is 49.4 Å². The van der Waals surface area contributed by atoms with E-state index in [1.54, 1.807) is 11.1 Å². The second-order valence-corrected chi connectivity index (χ2v) is 7.53. The molecule has 0 aromatic heterocycles. The van der Waals surface area contributed by atoms with Crippen LogP contribution in [-0.4, -0.2) is 16.7 Å². The zero-order valence-corrected chi connectivity index (χ0v) is 16.7. The summed E-state index contributed by atoms with van der Waals surface area (Å²) in [5, 5.41) is 2.91. The van der Waals surface area contributed by atoms with Gasteiger partial charge in [-0.3, -0.25) is 9.59 Å². The summed E-state index contributed by atoms with van der Waals surface area (Å²) in [7, 11) is 0. The molecule has 1 unspecified atom stereocenters. The number of amides is 2. The van der Waals surface area contributed by atoms with E-state index in [0.29, 0.717) is 5.69 Å². The summed E-state index contributed by atoms with van der Waals surface area (Å²) in [6, 6.07) is 13.1. The van der Waals surface area contributed by atoms with Crippen molar-refractivity contribution in [3.8, 4) is 0 Å². The number of benzene rings is 2. The van der Waals surface area contributed by atoms with Crippen molar-refractivity contribution in [3.05, 3.63) is 68.7 Å². The Labute approximate surface area is 163 Å². The number of nitrogens with zero attached hydrogens (tertiary/aromatic N) is 1. The summed E-state index contributed by atoms with van der Waals surface area (Å²) in [6.45, 7) is 1.51. The van der Waals surface area contributed by atoms with Crippen LogP contribution < -0.4 is 5.32 Å². The zero-order valence-electron chi connectivity index (χ0n) is 13.5. The molecule has 2 amide bonds. The van der Waals surface area contributed by atoms with Gasteiger partial charge in [0.05, 0.1) is 18.2 Å². The quantitative estimate of drug-likeness (QED) is 0.687. The minimum atomic E-state index is -0.312. The number of hydrogen-bond donors (Lipinski definition) is 1. The van der Waals surface area contributed by atoms with Crippen LogP contribution in [0, 0.1) is 0 Å². The predicted octanol–water partition coefficient (Wildman–Crippen LogP) is 5.11. The predicted molar refractivity (Wildman–Crippen MR) is 106 cm³/mol. The van der Waals surface area contributed by atoms with Gasteiger partial charge in [0.15, 0.2) is 0 Å². The molecule has 2 aromatic rings. The van der Waals surface area contributed by atoms with Crippen LogP contribution in [0.1, 0.15) is 30.5 Å². The molecular weight excluding hydrogens is 448 g/mol. The third-order valence-corrected chi connectivity index (χ3v) is 5.20. The third kappa shape index (κ3) is 4.02. The molecule has 1 aliphatic rings. The van der Waals surface area contributed by atoms with Crippen molar-refractivity contribution >= 4 is 55.4 Å². The fourth-order valence-electron chi connectivity index (χ4n) is 2.88. The molecule has 1 atom stereocenters. The smallest absolute Gasteiger partial charge is 0.226 e. The highest BCUT2D eigenvalue weighted by molar-refractivity contribution is 9.11. The number of carbonyl (C=O) groups is 2. The highest BCUT2D eigenvalue weighted by atomic mass is 79.9. The fourth-order valence-corrected chi connectivity index (χ4v) is 4.03. The third-order valence-electron chi connectivity index (χ3n) is 4.05. The Hall–Kier alpha value is -1.92. The van der Waals surface area contributed by atoms with E-state index in [0.717, 1.165) is 20.1 Å². The molecule has 3 rings (SSSR count). The lowest BCUT2D eigenvalue weighted by atomic mass is 9.93. The Morgan fingerprint density at radius 2 is 1.92 bits per heavy atom. The number of fused-ring (bicyclic) bond motifs is 1. The average molecular weight is 464 g/mol. The van der Waals surface area contributed by atoms with Gasteiger partial charge in [-0.05, 0) is 51.3 Å². The first-order valence-corrected chi connectivity index (χ1v) is 9.35. The largest absolute Gasteiger partial charge is 0.325 e. The molecule has 0 fully saturated rings. The summed E-state index contributed by atoms with van der Waals surface area (Å²) in [5.74, 6) is -0.238. The molecule has 25 heavy (non-hydrogen) atoms. The SMILES string of the molecule is CC(=O)N1C=Cc2ccccc2C1CC(=O)Nc1ccc(Br)cc1Br. The number of rotatable bonds is 3. The summed E-state index contributed by atoms with van der Waals surface area (Å²) in [4.78, 5) is 26.2. The van der Waals surface area contributed by atoms with Gasteiger partial charge >= 0.3 is 0 Å². The molecule has 0 saturated heterocycles. The second kappa shape index (κ2) is 7.54. The Bertz CT molecular complexity index is 864. The zero-order chi connectivity index (χ0) is 18.0. The molecule has 1 aliphatic heterocycles. The van der Waals surface area contributed by atoms with Gasteiger partial charge in [0.2, 0.25) is 11.8 Å². The molecule has 1 heterocycles. The van der Waals surface area contributed by atoms with Crippen molar-refractivity contribution in [3.63, 3.8) is 0 Å². The van der Waals surface area contributed by atoms with Crippen molar-refractivity contribution in [2.75, 3.05) is 5.32 Å². The van der Waals surface area contributed by atoms with Crippen LogP contribution in [0.25, 0.3) is 6.08 Å². The first-order chi connectivity index (χ1) is 12.0. The molecule has 0 bridgehead atoms. The molecule has 128 valence electrons. The van der Waals surface area contributed by atoms with Crippen LogP contribution >= 0.6 is 31.9 Å². The number of nitrogens with one attached hydrogen (secondary N) is 1. The van der Waals surface area contributed by atoms with E-state index < -0.39 is 0 Å². The van der Waals surface area contributed by atoms with Crippen LogP contribution in [0.4, 0.5) is 5.69 Å². The first-order valence-electron chi connectivity index (χ1n) is 7.76. The normalized spacial score (nSPS) is 15.6. The van der Waals surface area contributed by atoms with Crippen molar-refractivity contribution in [1.82, 2.24) is 4.90 Å². The highest BCUT2D eigenvalue weighted by Gasteiger charge is 2.28. The van der Waals surface area contributed by atoms with E-state index in [1.165, 1.54) is 6.92 Å². The van der Waals surface area contributed by atoms with Gasteiger partial charge in [-0.25, -0.2) is 0 Å². The van der Waals surface area contributed by atoms with Gasteiger partial charge < -0.3 is 10.2 Å². The van der Waals surface area contributed by atoms with Gasteiger partial charge in [0.25, 0.3) is 0 Å². The van der Waals surface area contributed by atoms with E-state index in [2.05, 4.69) is 37.2 Å². The average Bonchev–Trinajstić information content (AvgIpc) is 2.57. The Kier molecular flexibility index (Phi) is 5.39. The fraction of sp³-hybridized carbons (Fsp3) is 0.158. The molecule has 6 heteroatoms. The first kappa shape index (κ1) is 17.9. The molecule has 4 nitrogen and oxygen atoms in total. The van der Waals surface area contributed by atoms with E-state index >= 15 is 0 Å². The summed E-state index contributed by atoms with van der Waals surface area (Å²) in [5.41, 5.74) is 2.70. The van der Waals surface area contributed by atoms with Crippen molar-refractivity contribution in [1.29, 1.82) is 0 Å². The maximum atomic E-state index is 12.6. The lowest BCUT2D eigenvalue weighted by molar-refractivity contribution is -0.129. The van der Waals surface area contributed by atoms with E-state index in [-0.39, 0.29) is 24.3 Å². The van der Waals surface area contributed by atoms with Crippen LogP contribution in [0.5, 0.6) is 0 Å². The maximum Gasteiger partial charge on any atom is 0.226 e. The summed E-state index contributed by atoms with van der Waals surface area (Å²) >= 11 is 6.83. The molecule has 0 saturated carbocycles. The van der Waals surface area contributed by atoms with Gasteiger partial charge in [0.1, 0.15) is 0 Å². The lowest BCUT2D eigenvalue weighted by Gasteiger charge is -2.32. The molecule has 0 aliphatic carbocycles. The van der Waals surface area contributed by atoms with Crippen LogP contribution in [0.15, 0.2) is 57.6 Å². The van der Waals surface area contributed by atoms with Gasteiger partial charge in [-0.2, -0.15) is 0 Å². The highest BCUT2D eigenvalue weighted by Crippen LogP contribution is 2.33. The van der Waals surface area contributed by atoms with E-state index in [4.69, 9.17) is 0 Å². The van der Waals surface area contributed by atoms with Gasteiger partial charge in [0, 0.05) is 22.1 Å². The Morgan fingerprint density at radius 1 is 1.16 bits per heavy atom. The van der Waals surface area contributed by atoms with E-state index in [1.807, 2.05) is 48.5 Å². The standard InChI is InChI=1S/C19H16Br2N2O2/c1-12(24)23-9-8-13-4-2-3-5-15(13)18(23)11-19(25)22-17-7-6-14(20)10-16(17)21/h2-10,18H,11H2,1H3,(H,22,25). The summed E-state index contributed by atoms with van der Waals surface area (Å²) in [6.07, 6.45) is 3.83. The monoisotopic (exact) mass is 462 g/mol. The Morgan fingerprint density at radius 3 is 2.64 bits per heavy atom. The number of anilines is 1. The molecule has 0 radical (unpaired) electrons. The van der Waals surface area contributed by atoms with Crippen molar-refractivity contribution in [2.24, 2.45) is 0 Å². The van der Waals surface area contributed by atoms with Crippen molar-refractivity contribution in [2.45, 2.75) is 19.4 Å². The van der Waals surface area contributed by atoms with Crippen molar-refractivity contribution < 1.29 is 9.59 Å². The lowest BCUT2D eigenvalue weighted by Crippen LogP contribution is -2.33. The number of halogens is 2. The number of carbonyl (C=O) groups excluding carboxylic acids is 2. The van der Waals surface area contributed by atoms with Crippen LogP contribution in [-0.2, 0) is 9.59 Å². The molecule has 0 spiro atoms. The van der Waals surface area contributed by atoms with Gasteiger partial charge in [-0.1, -0.05) is 40.2 Å². The molecule has 1 N–H and O–H groups in total. The van der Waals surface area contributed by atoms with Crippen LogP contribution in [0.2, 0.25) is 0 Å². The second-order valence-electron chi connectivity index (χ2n) is 5.76. The van der Waals surface area contributed by atoms with Gasteiger partial charge in [-0.15, -0.1) is 0 Å².